The van der Waals surface area contributed by atoms with Gasteiger partial charge in [-0.05, 0) is 56.2 Å². The van der Waals surface area contributed by atoms with E-state index in [1.54, 1.807) is 19.1 Å². The van der Waals surface area contributed by atoms with Gasteiger partial charge in [-0.1, -0.05) is 54.3 Å². The van der Waals surface area contributed by atoms with Crippen LogP contribution < -0.4 is 19.5 Å². The number of piperazine rings is 1. The van der Waals surface area contributed by atoms with Gasteiger partial charge in [0.05, 0.1) is 20.8 Å². The summed E-state index contributed by atoms with van der Waals surface area (Å²) in [5.74, 6) is 8.88. The molecule has 3 aromatic rings. The number of methoxy groups -OCH3 is 2. The summed E-state index contributed by atoms with van der Waals surface area (Å²) >= 11 is 0. The highest BCUT2D eigenvalue weighted by Gasteiger charge is 2.25. The average Bonchev–Trinajstić information content (AvgIpc) is 2.99. The van der Waals surface area contributed by atoms with Crippen molar-refractivity contribution in [2.75, 3.05) is 52.3 Å². The first kappa shape index (κ1) is 30.6. The molecule has 0 bridgehead atoms. The van der Waals surface area contributed by atoms with Gasteiger partial charge in [-0.3, -0.25) is 4.90 Å². The van der Waals surface area contributed by atoms with Gasteiger partial charge >= 0.3 is 6.09 Å². The number of benzene rings is 3. The minimum absolute atomic E-state index is 0.261. The van der Waals surface area contributed by atoms with Gasteiger partial charge in [0.15, 0.2) is 11.5 Å². The van der Waals surface area contributed by atoms with Gasteiger partial charge in [0.1, 0.15) is 24.0 Å². The molecule has 1 saturated heterocycles. The quantitative estimate of drug-likeness (QED) is 0.316. The Bertz CT molecular complexity index is 1350. The number of anilines is 1. The maximum Gasteiger partial charge on any atom is 0.410 e. The van der Waals surface area contributed by atoms with Crippen LogP contribution in [0.25, 0.3) is 0 Å². The van der Waals surface area contributed by atoms with Gasteiger partial charge < -0.3 is 29.2 Å². The Morgan fingerprint density at radius 3 is 2.24 bits per heavy atom. The number of rotatable bonds is 9. The second-order valence-electron chi connectivity index (χ2n) is 11.1. The Balaban J connectivity index is 1.43. The van der Waals surface area contributed by atoms with Crippen LogP contribution in [-0.4, -0.2) is 68.4 Å². The Kier molecular flexibility index (Phi) is 10.6. The Labute approximate surface area is 249 Å². The molecule has 8 nitrogen and oxygen atoms in total. The second kappa shape index (κ2) is 14.5. The number of amides is 1. The first-order valence-corrected chi connectivity index (χ1v) is 14.2. The van der Waals surface area contributed by atoms with Gasteiger partial charge in [0.25, 0.3) is 0 Å². The smallest absolute Gasteiger partial charge is 0.410 e. The standard InChI is InChI=1S/C34H41N3O5/c1-34(2,3)42-33(38)37-22-20-36(21-23-37)19-9-12-30(35-28-15-18-31(39-4)32(24-28)40-5)27-13-16-29(17-14-27)41-25-26-10-7-6-8-11-26/h6-8,10-11,13-18,24,30,35H,19-23,25H2,1-5H3. The average molecular weight is 572 g/mol. The van der Waals surface area contributed by atoms with Crippen LogP contribution in [-0.2, 0) is 11.3 Å². The van der Waals surface area contributed by atoms with E-state index in [1.165, 1.54) is 0 Å². The van der Waals surface area contributed by atoms with Gasteiger partial charge in [-0.25, -0.2) is 4.79 Å². The highest BCUT2D eigenvalue weighted by Crippen LogP contribution is 2.31. The minimum atomic E-state index is -0.498. The maximum absolute atomic E-state index is 12.4. The normalized spacial score (nSPS) is 14.3. The summed E-state index contributed by atoms with van der Waals surface area (Å²) in [6, 6.07) is 23.6. The van der Waals surface area contributed by atoms with Crippen LogP contribution in [0.15, 0.2) is 72.8 Å². The van der Waals surface area contributed by atoms with Gasteiger partial charge in [0.2, 0.25) is 0 Å². The molecule has 8 heteroatoms. The second-order valence-corrected chi connectivity index (χ2v) is 11.1. The van der Waals surface area contributed by atoms with E-state index >= 15 is 0 Å². The fraction of sp³-hybridized carbons (Fsp3) is 0.382. The molecule has 222 valence electrons. The molecule has 0 aliphatic carbocycles. The topological polar surface area (TPSA) is 72.5 Å². The highest BCUT2D eigenvalue weighted by atomic mass is 16.6. The lowest BCUT2D eigenvalue weighted by molar-refractivity contribution is 0.0155. The molecular weight excluding hydrogens is 530 g/mol. The van der Waals surface area contributed by atoms with Gasteiger partial charge in [-0.15, -0.1) is 0 Å². The molecule has 0 saturated carbocycles. The third-order valence-electron chi connectivity index (χ3n) is 6.73. The first-order chi connectivity index (χ1) is 20.2. The highest BCUT2D eigenvalue weighted by molar-refractivity contribution is 5.68. The van der Waals surface area contributed by atoms with Crippen molar-refractivity contribution in [3.05, 3.63) is 83.9 Å². The van der Waals surface area contributed by atoms with E-state index < -0.39 is 5.60 Å². The summed E-state index contributed by atoms with van der Waals surface area (Å²) < 4.78 is 22.4. The van der Waals surface area contributed by atoms with Crippen molar-refractivity contribution in [3.8, 4) is 29.1 Å². The van der Waals surface area contributed by atoms with Gasteiger partial charge in [0, 0.05) is 37.9 Å². The minimum Gasteiger partial charge on any atom is -0.493 e. The van der Waals surface area contributed by atoms with E-state index in [0.717, 1.165) is 35.7 Å². The third kappa shape index (κ3) is 9.08. The van der Waals surface area contributed by atoms with Crippen molar-refractivity contribution in [2.45, 2.75) is 39.0 Å². The molecule has 1 aliphatic rings. The van der Waals surface area contributed by atoms with Crippen molar-refractivity contribution in [2.24, 2.45) is 0 Å². The molecule has 0 aromatic heterocycles. The molecule has 1 amide bonds. The molecule has 1 aliphatic heterocycles. The van der Waals surface area contributed by atoms with Crippen LogP contribution in [0.3, 0.4) is 0 Å². The number of hydrogen-bond acceptors (Lipinski definition) is 7. The molecular formula is C34H41N3O5. The number of carbonyl (C=O) groups is 1. The fourth-order valence-corrected chi connectivity index (χ4v) is 4.47. The number of carbonyl (C=O) groups excluding carboxylic acids is 1. The summed E-state index contributed by atoms with van der Waals surface area (Å²) in [6.45, 7) is 9.49. The number of hydrogen-bond donors (Lipinski definition) is 1. The first-order valence-electron chi connectivity index (χ1n) is 14.2. The zero-order valence-corrected chi connectivity index (χ0v) is 25.2. The molecule has 1 fully saturated rings. The van der Waals surface area contributed by atoms with Gasteiger partial charge in [-0.2, -0.15) is 0 Å². The molecule has 0 spiro atoms. The molecule has 3 aromatic carbocycles. The predicted molar refractivity (Wildman–Crippen MR) is 165 cm³/mol. The van der Waals surface area contributed by atoms with E-state index in [1.807, 2.05) is 93.6 Å². The maximum atomic E-state index is 12.4. The third-order valence-corrected chi connectivity index (χ3v) is 6.73. The van der Waals surface area contributed by atoms with Crippen molar-refractivity contribution in [1.29, 1.82) is 0 Å². The molecule has 4 rings (SSSR count). The number of nitrogens with zero attached hydrogens (tertiary/aromatic N) is 2. The Morgan fingerprint density at radius 1 is 0.905 bits per heavy atom. The summed E-state index contributed by atoms with van der Waals surface area (Å²) in [5, 5.41) is 3.54. The van der Waals surface area contributed by atoms with Crippen molar-refractivity contribution < 1.29 is 23.7 Å². The monoisotopic (exact) mass is 571 g/mol. The summed E-state index contributed by atoms with van der Waals surface area (Å²) in [5.41, 5.74) is 2.50. The SMILES string of the molecule is COc1ccc(NC(C#CCN2CCN(C(=O)OC(C)(C)C)CC2)c2ccc(OCc3ccccc3)cc2)cc1OC. The molecule has 1 heterocycles. The van der Waals surface area contributed by atoms with E-state index in [4.69, 9.17) is 18.9 Å². The molecule has 1 unspecified atom stereocenters. The summed E-state index contributed by atoms with van der Waals surface area (Å²) in [4.78, 5) is 16.4. The Hall–Kier alpha value is -4.35. The van der Waals surface area contributed by atoms with Crippen LogP contribution in [0.1, 0.15) is 37.9 Å². The Morgan fingerprint density at radius 2 is 1.60 bits per heavy atom. The fourth-order valence-electron chi connectivity index (χ4n) is 4.47. The molecule has 1 N–H and O–H groups in total. The summed E-state index contributed by atoms with van der Waals surface area (Å²) in [7, 11) is 3.24. The molecule has 0 radical (unpaired) electrons. The lowest BCUT2D eigenvalue weighted by Gasteiger charge is -2.34. The van der Waals surface area contributed by atoms with Crippen molar-refractivity contribution in [1.82, 2.24) is 9.80 Å². The van der Waals surface area contributed by atoms with Crippen LogP contribution >= 0.6 is 0 Å². The van der Waals surface area contributed by atoms with Crippen LogP contribution in [0, 0.1) is 11.8 Å². The zero-order valence-electron chi connectivity index (χ0n) is 25.2. The van der Waals surface area contributed by atoms with Crippen molar-refractivity contribution in [3.63, 3.8) is 0 Å². The van der Waals surface area contributed by atoms with Crippen LogP contribution in [0.5, 0.6) is 17.2 Å². The lowest BCUT2D eigenvalue weighted by atomic mass is 10.1. The van der Waals surface area contributed by atoms with Crippen LogP contribution in [0.2, 0.25) is 0 Å². The van der Waals surface area contributed by atoms with E-state index in [-0.39, 0.29) is 12.1 Å². The van der Waals surface area contributed by atoms with Crippen LogP contribution in [0.4, 0.5) is 10.5 Å². The van der Waals surface area contributed by atoms with E-state index in [2.05, 4.69) is 22.1 Å². The molecule has 42 heavy (non-hydrogen) atoms. The number of nitrogens with one attached hydrogen (secondary N) is 1. The molecule has 1 atom stereocenters. The zero-order chi connectivity index (χ0) is 30.0. The van der Waals surface area contributed by atoms with Crippen molar-refractivity contribution >= 4 is 11.8 Å². The summed E-state index contributed by atoms with van der Waals surface area (Å²) in [6.07, 6.45) is -0.261. The predicted octanol–water partition coefficient (Wildman–Crippen LogP) is 5.99. The lowest BCUT2D eigenvalue weighted by Crippen LogP contribution is -2.50. The van der Waals surface area contributed by atoms with E-state index in [0.29, 0.717) is 37.7 Å². The number of ether oxygens (including phenoxy) is 4. The van der Waals surface area contributed by atoms with E-state index in [9.17, 15) is 4.79 Å². The largest absolute Gasteiger partial charge is 0.493 e.